The molecule has 1 aliphatic heterocycles. The molecular formula is C23H17ClN4O3. The smallest absolute Gasteiger partial charge is 0.338 e. The second-order valence-electron chi connectivity index (χ2n) is 6.96. The Labute approximate surface area is 183 Å². The van der Waals surface area contributed by atoms with Crippen LogP contribution in [0.3, 0.4) is 0 Å². The highest BCUT2D eigenvalue weighted by molar-refractivity contribution is 6.29. The molecule has 0 saturated heterocycles. The molecule has 3 aromatic rings. The molecule has 7 nitrogen and oxygen atoms in total. The molecule has 2 heterocycles. The molecule has 8 heteroatoms. The van der Waals surface area contributed by atoms with Crippen LogP contribution < -0.4 is 9.80 Å². The maximum absolute atomic E-state index is 12.8. The lowest BCUT2D eigenvalue weighted by Crippen LogP contribution is -2.27. The molecule has 0 spiro atoms. The molecule has 0 atom stereocenters. The van der Waals surface area contributed by atoms with E-state index in [-0.39, 0.29) is 11.1 Å². The zero-order valence-corrected chi connectivity index (χ0v) is 17.6. The number of ether oxygens (including phenoxy) is 1. The largest absolute Gasteiger partial charge is 0.454 e. The number of aromatic nitrogens is 1. The number of Topliss-reactive ketones (excluding diaryl/α,β-unsaturated/α-hetero) is 1. The maximum atomic E-state index is 12.8. The van der Waals surface area contributed by atoms with Crippen LogP contribution in [0, 0.1) is 11.3 Å². The molecule has 4 rings (SSSR count). The van der Waals surface area contributed by atoms with E-state index in [1.807, 2.05) is 30.3 Å². The number of para-hydroxylation sites is 2. The summed E-state index contributed by atoms with van der Waals surface area (Å²) in [5.41, 5.74) is 2.60. The number of hydrogen-bond acceptors (Lipinski definition) is 7. The standard InChI is InChI=1S/C23H17ClN4O3/c1-27-18-5-3-4-6-19(18)28(2)22(27)16(12-25)20(29)13-31-23(30)15-7-9-17-14(11-15)8-10-21(24)26-17/h3-11H,13H2,1-2H3. The molecule has 1 aromatic heterocycles. The van der Waals surface area contributed by atoms with Crippen molar-refractivity contribution < 1.29 is 14.3 Å². The van der Waals surface area contributed by atoms with E-state index in [4.69, 9.17) is 16.3 Å². The summed E-state index contributed by atoms with van der Waals surface area (Å²) >= 11 is 5.88. The number of esters is 1. The van der Waals surface area contributed by atoms with Crippen molar-refractivity contribution in [2.75, 3.05) is 30.5 Å². The van der Waals surface area contributed by atoms with E-state index in [0.717, 1.165) is 16.8 Å². The van der Waals surface area contributed by atoms with Crippen LogP contribution >= 0.6 is 11.6 Å². The number of carbonyl (C=O) groups excluding carboxylic acids is 2. The number of fused-ring (bicyclic) bond motifs is 2. The third-order valence-electron chi connectivity index (χ3n) is 5.08. The van der Waals surface area contributed by atoms with Crippen molar-refractivity contribution in [1.29, 1.82) is 5.26 Å². The fourth-order valence-corrected chi connectivity index (χ4v) is 3.73. The number of carbonyl (C=O) groups is 2. The monoisotopic (exact) mass is 432 g/mol. The van der Waals surface area contributed by atoms with E-state index >= 15 is 0 Å². The average Bonchev–Trinajstić information content (AvgIpc) is 3.03. The zero-order valence-electron chi connectivity index (χ0n) is 16.8. The maximum Gasteiger partial charge on any atom is 0.338 e. The van der Waals surface area contributed by atoms with Gasteiger partial charge in [0.15, 0.2) is 6.61 Å². The number of nitriles is 1. The topological polar surface area (TPSA) is 86.5 Å². The molecule has 1 aliphatic rings. The number of anilines is 2. The molecule has 0 fully saturated rings. The van der Waals surface area contributed by atoms with Gasteiger partial charge in [0.25, 0.3) is 0 Å². The van der Waals surface area contributed by atoms with Crippen LogP contribution in [-0.2, 0) is 9.53 Å². The van der Waals surface area contributed by atoms with Crippen molar-refractivity contribution in [3.05, 3.63) is 76.7 Å². The predicted molar refractivity (Wildman–Crippen MR) is 118 cm³/mol. The Morgan fingerprint density at radius 3 is 2.39 bits per heavy atom. The predicted octanol–water partition coefficient (Wildman–Crippen LogP) is 3.94. The van der Waals surface area contributed by atoms with E-state index in [1.165, 1.54) is 0 Å². The zero-order chi connectivity index (χ0) is 22.1. The lowest BCUT2D eigenvalue weighted by Gasteiger charge is -2.19. The fourth-order valence-electron chi connectivity index (χ4n) is 3.57. The summed E-state index contributed by atoms with van der Waals surface area (Å²) in [6, 6.07) is 17.7. The number of benzene rings is 2. The first kappa shape index (κ1) is 20.4. The molecule has 0 N–H and O–H groups in total. The summed E-state index contributed by atoms with van der Waals surface area (Å²) in [7, 11) is 3.56. The Morgan fingerprint density at radius 2 is 1.74 bits per heavy atom. The van der Waals surface area contributed by atoms with Gasteiger partial charge in [0.2, 0.25) is 5.78 Å². The number of hydrogen-bond donors (Lipinski definition) is 0. The molecule has 2 aromatic carbocycles. The summed E-state index contributed by atoms with van der Waals surface area (Å²) in [6.07, 6.45) is 0. The van der Waals surface area contributed by atoms with Crippen LogP contribution in [0.4, 0.5) is 11.4 Å². The molecule has 0 saturated carbocycles. The summed E-state index contributed by atoms with van der Waals surface area (Å²) in [6.45, 7) is -0.542. The second-order valence-corrected chi connectivity index (χ2v) is 7.35. The molecule has 154 valence electrons. The van der Waals surface area contributed by atoms with Gasteiger partial charge in [-0.15, -0.1) is 0 Å². The molecule has 31 heavy (non-hydrogen) atoms. The van der Waals surface area contributed by atoms with Crippen LogP contribution in [-0.4, -0.2) is 37.4 Å². The Kier molecular flexibility index (Phi) is 5.32. The van der Waals surface area contributed by atoms with Gasteiger partial charge in [0.05, 0.1) is 22.5 Å². The normalized spacial score (nSPS) is 12.5. The third-order valence-corrected chi connectivity index (χ3v) is 5.29. The highest BCUT2D eigenvalue weighted by atomic mass is 35.5. The van der Waals surface area contributed by atoms with Gasteiger partial charge >= 0.3 is 5.97 Å². The average molecular weight is 433 g/mol. The van der Waals surface area contributed by atoms with Crippen LogP contribution in [0.25, 0.3) is 10.9 Å². The number of nitrogens with zero attached hydrogens (tertiary/aromatic N) is 4. The SMILES string of the molecule is CN1C(=C(C#N)C(=O)COC(=O)c2ccc3nc(Cl)ccc3c2)N(C)c2ccccc21. The Balaban J connectivity index is 1.53. The van der Waals surface area contributed by atoms with Crippen LogP contribution in [0.15, 0.2) is 66.0 Å². The van der Waals surface area contributed by atoms with Crippen LogP contribution in [0.5, 0.6) is 0 Å². The summed E-state index contributed by atoms with van der Waals surface area (Å²) in [5.74, 6) is -0.797. The van der Waals surface area contributed by atoms with Crippen molar-refractivity contribution in [3.63, 3.8) is 0 Å². The van der Waals surface area contributed by atoms with Crippen molar-refractivity contribution in [3.8, 4) is 6.07 Å². The Hall–Kier alpha value is -3.89. The number of pyridine rings is 1. The quantitative estimate of drug-likeness (QED) is 0.267. The van der Waals surface area contributed by atoms with Gasteiger partial charge in [-0.2, -0.15) is 5.26 Å². The first-order chi connectivity index (χ1) is 14.9. The van der Waals surface area contributed by atoms with Gasteiger partial charge in [0.1, 0.15) is 22.6 Å². The lowest BCUT2D eigenvalue weighted by molar-refractivity contribution is -0.118. The minimum absolute atomic E-state index is 0.0775. The van der Waals surface area contributed by atoms with Gasteiger partial charge in [-0.3, -0.25) is 4.79 Å². The first-order valence-corrected chi connectivity index (χ1v) is 9.76. The van der Waals surface area contributed by atoms with Crippen LogP contribution in [0.2, 0.25) is 5.15 Å². The van der Waals surface area contributed by atoms with Crippen LogP contribution in [0.1, 0.15) is 10.4 Å². The highest BCUT2D eigenvalue weighted by Crippen LogP contribution is 2.40. The first-order valence-electron chi connectivity index (χ1n) is 9.38. The van der Waals surface area contributed by atoms with Crippen molar-refractivity contribution in [2.24, 2.45) is 0 Å². The van der Waals surface area contributed by atoms with E-state index in [9.17, 15) is 14.9 Å². The van der Waals surface area contributed by atoms with Gasteiger partial charge in [-0.25, -0.2) is 9.78 Å². The highest BCUT2D eigenvalue weighted by Gasteiger charge is 2.31. The Morgan fingerprint density at radius 1 is 1.06 bits per heavy atom. The minimum atomic E-state index is -0.663. The van der Waals surface area contributed by atoms with Crippen molar-refractivity contribution in [2.45, 2.75) is 0 Å². The lowest BCUT2D eigenvalue weighted by atomic mass is 10.1. The molecule has 0 radical (unpaired) electrons. The molecule has 0 unspecified atom stereocenters. The molecule has 0 amide bonds. The fraction of sp³-hybridized carbons (Fsp3) is 0.130. The molecule has 0 aliphatic carbocycles. The summed E-state index contributed by atoms with van der Waals surface area (Å²) < 4.78 is 5.20. The van der Waals surface area contributed by atoms with Gasteiger partial charge in [-0.1, -0.05) is 23.7 Å². The minimum Gasteiger partial charge on any atom is -0.454 e. The van der Waals surface area contributed by atoms with E-state index in [2.05, 4.69) is 4.98 Å². The molecular weight excluding hydrogens is 416 g/mol. The van der Waals surface area contributed by atoms with Crippen molar-refractivity contribution >= 4 is 45.6 Å². The number of rotatable bonds is 4. The Bertz CT molecular complexity index is 1260. The summed E-state index contributed by atoms with van der Waals surface area (Å²) in [4.78, 5) is 32.9. The van der Waals surface area contributed by atoms with E-state index < -0.39 is 18.4 Å². The molecule has 0 bridgehead atoms. The van der Waals surface area contributed by atoms with Gasteiger partial charge in [-0.05, 0) is 42.5 Å². The second kappa shape index (κ2) is 8.09. The van der Waals surface area contributed by atoms with Gasteiger partial charge < -0.3 is 14.5 Å². The van der Waals surface area contributed by atoms with E-state index in [1.54, 1.807) is 54.2 Å². The van der Waals surface area contributed by atoms with Crippen molar-refractivity contribution in [1.82, 2.24) is 4.98 Å². The summed E-state index contributed by atoms with van der Waals surface area (Å²) in [5, 5.41) is 10.7. The van der Waals surface area contributed by atoms with E-state index in [0.29, 0.717) is 16.5 Å². The third kappa shape index (κ3) is 3.69. The number of ketones is 1. The van der Waals surface area contributed by atoms with Gasteiger partial charge in [0, 0.05) is 19.5 Å². The number of halogens is 1.